The number of carbonyl (C=O) groups is 3. The molecule has 0 saturated carbocycles. The van der Waals surface area contributed by atoms with Crippen LogP contribution in [0.25, 0.3) is 0 Å². The lowest BCUT2D eigenvalue weighted by Crippen LogP contribution is -2.46. The molecule has 1 heterocycles. The summed E-state index contributed by atoms with van der Waals surface area (Å²) in [6.07, 6.45) is 1.29. The lowest BCUT2D eigenvalue weighted by molar-refractivity contribution is -0.150. The van der Waals surface area contributed by atoms with Crippen LogP contribution in [0.15, 0.2) is 35.1 Å². The van der Waals surface area contributed by atoms with Gasteiger partial charge in [0.1, 0.15) is 12.3 Å². The first-order valence-corrected chi connectivity index (χ1v) is 8.66. The molecule has 0 radical (unpaired) electrons. The summed E-state index contributed by atoms with van der Waals surface area (Å²) in [5.74, 6) is -1.99. The molecule has 0 spiro atoms. The summed E-state index contributed by atoms with van der Waals surface area (Å²) in [5, 5.41) is 9.00. The number of hydrogen-bond acceptors (Lipinski definition) is 6. The Balaban J connectivity index is 1.96. The monoisotopic (exact) mass is 413 g/mol. The van der Waals surface area contributed by atoms with E-state index in [2.05, 4.69) is 20.3 Å². The molecule has 2 aromatic rings. The minimum atomic E-state index is -0.968. The molecule has 2 amide bonds. The quantitative estimate of drug-likeness (QED) is 0.675. The highest BCUT2D eigenvalue weighted by Crippen LogP contribution is 2.21. The van der Waals surface area contributed by atoms with Crippen LogP contribution in [0, 0.1) is 5.92 Å². The van der Waals surface area contributed by atoms with Gasteiger partial charge in [-0.05, 0) is 24.1 Å². The van der Waals surface area contributed by atoms with Crippen molar-refractivity contribution in [2.45, 2.75) is 19.9 Å². The van der Waals surface area contributed by atoms with Gasteiger partial charge in [-0.15, -0.1) is 0 Å². The van der Waals surface area contributed by atoms with E-state index >= 15 is 0 Å². The van der Waals surface area contributed by atoms with Crippen molar-refractivity contribution in [1.82, 2.24) is 10.5 Å². The van der Waals surface area contributed by atoms with Gasteiger partial charge in [0, 0.05) is 11.1 Å². The summed E-state index contributed by atoms with van der Waals surface area (Å²) in [7, 11) is 0. The molecular formula is C17H17Cl2N3O5. The Bertz CT molecular complexity index is 824. The maximum atomic E-state index is 12.4. The first kappa shape index (κ1) is 20.7. The van der Waals surface area contributed by atoms with Gasteiger partial charge in [-0.3, -0.25) is 9.59 Å². The van der Waals surface area contributed by atoms with Gasteiger partial charge in [-0.25, -0.2) is 4.79 Å². The number of halogens is 2. The number of nitrogens with zero attached hydrogens (tertiary/aromatic N) is 1. The van der Waals surface area contributed by atoms with Crippen LogP contribution in [0.5, 0.6) is 0 Å². The molecule has 1 atom stereocenters. The Morgan fingerprint density at radius 1 is 1.22 bits per heavy atom. The van der Waals surface area contributed by atoms with Crippen LogP contribution in [-0.2, 0) is 14.3 Å². The smallest absolute Gasteiger partial charge is 0.329 e. The van der Waals surface area contributed by atoms with Crippen LogP contribution >= 0.6 is 23.2 Å². The van der Waals surface area contributed by atoms with E-state index in [1.54, 1.807) is 13.8 Å². The predicted octanol–water partition coefficient (Wildman–Crippen LogP) is 2.92. The Labute approximate surface area is 165 Å². The SMILES string of the molecule is CC(C)[C@H](NC(=O)c1ccc(Cl)cc1Cl)C(=O)OCC(=O)Nc1ccon1. The van der Waals surface area contributed by atoms with Gasteiger partial charge in [0.15, 0.2) is 12.4 Å². The summed E-state index contributed by atoms with van der Waals surface area (Å²) in [4.78, 5) is 36.4. The lowest BCUT2D eigenvalue weighted by Gasteiger charge is -2.21. The number of carbonyl (C=O) groups excluding carboxylic acids is 3. The van der Waals surface area contributed by atoms with Crippen LogP contribution in [0.2, 0.25) is 10.0 Å². The average Bonchev–Trinajstić information content (AvgIpc) is 3.10. The number of nitrogens with one attached hydrogen (secondary N) is 2. The third-order valence-electron chi connectivity index (χ3n) is 3.43. The molecule has 1 aromatic carbocycles. The number of ether oxygens (including phenoxy) is 1. The van der Waals surface area contributed by atoms with Crippen molar-refractivity contribution in [2.24, 2.45) is 5.92 Å². The minimum Gasteiger partial charge on any atom is -0.454 e. The number of aromatic nitrogens is 1. The first-order chi connectivity index (χ1) is 12.8. The molecule has 10 heteroatoms. The van der Waals surface area contributed by atoms with Gasteiger partial charge in [-0.1, -0.05) is 42.2 Å². The van der Waals surface area contributed by atoms with Gasteiger partial charge in [0.05, 0.1) is 10.6 Å². The van der Waals surface area contributed by atoms with Crippen molar-refractivity contribution in [1.29, 1.82) is 0 Å². The third-order valence-corrected chi connectivity index (χ3v) is 3.98. The lowest BCUT2D eigenvalue weighted by atomic mass is 10.0. The van der Waals surface area contributed by atoms with Crippen LogP contribution < -0.4 is 10.6 Å². The summed E-state index contributed by atoms with van der Waals surface area (Å²) < 4.78 is 9.56. The molecule has 1 aromatic heterocycles. The molecule has 0 bridgehead atoms. The Morgan fingerprint density at radius 3 is 2.56 bits per heavy atom. The van der Waals surface area contributed by atoms with E-state index in [4.69, 9.17) is 27.9 Å². The minimum absolute atomic E-state index is 0.155. The predicted molar refractivity (Wildman–Crippen MR) is 98.6 cm³/mol. The molecule has 2 rings (SSSR count). The van der Waals surface area contributed by atoms with Gasteiger partial charge in [0.2, 0.25) is 0 Å². The second kappa shape index (κ2) is 9.38. The summed E-state index contributed by atoms with van der Waals surface area (Å²) in [6, 6.07) is 4.86. The molecule has 144 valence electrons. The Hall–Kier alpha value is -2.58. The van der Waals surface area contributed by atoms with E-state index in [-0.39, 0.29) is 22.3 Å². The second-order valence-corrected chi connectivity index (χ2v) is 6.70. The zero-order valence-electron chi connectivity index (χ0n) is 14.5. The highest BCUT2D eigenvalue weighted by atomic mass is 35.5. The molecule has 0 unspecified atom stereocenters. The molecule has 0 saturated heterocycles. The number of hydrogen-bond donors (Lipinski definition) is 2. The van der Waals surface area contributed by atoms with E-state index in [0.717, 1.165) is 0 Å². The van der Waals surface area contributed by atoms with Crippen molar-refractivity contribution in [3.05, 3.63) is 46.1 Å². The molecule has 0 aliphatic rings. The summed E-state index contributed by atoms with van der Waals surface area (Å²) in [6.45, 7) is 2.92. The number of amides is 2. The normalized spacial score (nSPS) is 11.7. The molecule has 27 heavy (non-hydrogen) atoms. The maximum absolute atomic E-state index is 12.4. The summed E-state index contributed by atoms with van der Waals surface area (Å²) >= 11 is 11.8. The Kier molecular flexibility index (Phi) is 7.20. The topological polar surface area (TPSA) is 111 Å². The fourth-order valence-corrected chi connectivity index (χ4v) is 2.57. The largest absolute Gasteiger partial charge is 0.454 e. The van der Waals surface area contributed by atoms with Crippen molar-refractivity contribution >= 4 is 46.8 Å². The van der Waals surface area contributed by atoms with Gasteiger partial charge >= 0.3 is 5.97 Å². The number of esters is 1. The summed E-state index contributed by atoms with van der Waals surface area (Å²) in [5.41, 5.74) is 0.170. The molecule has 8 nitrogen and oxygen atoms in total. The number of anilines is 1. The molecule has 0 aliphatic carbocycles. The first-order valence-electron chi connectivity index (χ1n) is 7.90. The van der Waals surface area contributed by atoms with Gasteiger partial charge in [0.25, 0.3) is 11.8 Å². The molecule has 2 N–H and O–H groups in total. The van der Waals surface area contributed by atoms with Crippen LogP contribution in [0.4, 0.5) is 5.82 Å². The zero-order valence-corrected chi connectivity index (χ0v) is 16.0. The fraction of sp³-hybridized carbons (Fsp3) is 0.294. The van der Waals surface area contributed by atoms with Gasteiger partial charge in [-0.2, -0.15) is 0 Å². The van der Waals surface area contributed by atoms with Crippen LogP contribution in [-0.4, -0.2) is 35.6 Å². The van der Waals surface area contributed by atoms with Crippen molar-refractivity contribution in [3.8, 4) is 0 Å². The highest BCUT2D eigenvalue weighted by molar-refractivity contribution is 6.36. The van der Waals surface area contributed by atoms with Crippen LogP contribution in [0.1, 0.15) is 24.2 Å². The standard InChI is InChI=1S/C17H17Cl2N3O5/c1-9(2)15(21-16(24)11-4-3-10(18)7-12(11)19)17(25)26-8-14(23)20-13-5-6-27-22-13/h3-7,9,15H,8H2,1-2H3,(H,21,24)(H,20,22,23)/t15-/m0/s1. The Morgan fingerprint density at radius 2 is 1.96 bits per heavy atom. The van der Waals surface area contributed by atoms with E-state index in [1.807, 2.05) is 0 Å². The van der Waals surface area contributed by atoms with Crippen molar-refractivity contribution < 1.29 is 23.6 Å². The zero-order chi connectivity index (χ0) is 20.0. The number of benzene rings is 1. The maximum Gasteiger partial charge on any atom is 0.329 e. The average molecular weight is 414 g/mol. The van der Waals surface area contributed by atoms with Crippen LogP contribution in [0.3, 0.4) is 0 Å². The molecule has 0 fully saturated rings. The van der Waals surface area contributed by atoms with E-state index in [1.165, 1.54) is 30.5 Å². The molecular weight excluding hydrogens is 397 g/mol. The van der Waals surface area contributed by atoms with Crippen molar-refractivity contribution in [2.75, 3.05) is 11.9 Å². The highest BCUT2D eigenvalue weighted by Gasteiger charge is 2.27. The van der Waals surface area contributed by atoms with Crippen molar-refractivity contribution in [3.63, 3.8) is 0 Å². The molecule has 0 aliphatic heterocycles. The van der Waals surface area contributed by atoms with E-state index < -0.39 is 30.4 Å². The van der Waals surface area contributed by atoms with E-state index in [9.17, 15) is 14.4 Å². The van der Waals surface area contributed by atoms with E-state index in [0.29, 0.717) is 5.02 Å². The van der Waals surface area contributed by atoms with Gasteiger partial charge < -0.3 is 19.9 Å². The number of rotatable bonds is 7. The fourth-order valence-electron chi connectivity index (χ4n) is 2.07. The third kappa shape index (κ3) is 5.97. The second-order valence-electron chi connectivity index (χ2n) is 5.86.